The van der Waals surface area contributed by atoms with Gasteiger partial charge in [0, 0.05) is 12.1 Å². The van der Waals surface area contributed by atoms with Crippen molar-refractivity contribution in [2.24, 2.45) is 0 Å². The van der Waals surface area contributed by atoms with Crippen molar-refractivity contribution in [1.82, 2.24) is 0 Å². The number of benzene rings is 3. The predicted octanol–water partition coefficient (Wildman–Crippen LogP) is 8.19. The first-order chi connectivity index (χ1) is 17.6. The Balaban J connectivity index is 2.21. The molecule has 0 amide bonds. The third kappa shape index (κ3) is 5.68. The summed E-state index contributed by atoms with van der Waals surface area (Å²) in [6, 6.07) is -0.960. The highest BCUT2D eigenvalue weighted by Crippen LogP contribution is 2.46. The van der Waals surface area contributed by atoms with Gasteiger partial charge in [0.1, 0.15) is 34.3 Å². The standard InChI is InChI=1S/C21H8F14N2O2/c22-8-1-5(38-10-3-6(19(27,28)29)13(23)17(36)15(10)25)2-9(12(8)21(33,34)35)39-11-4-7(20(30,31)32)14(24)18(37)16(11)26/h1-4H,36-37H2. The van der Waals surface area contributed by atoms with Crippen LogP contribution in [0.15, 0.2) is 24.3 Å². The van der Waals surface area contributed by atoms with Gasteiger partial charge in [0.2, 0.25) is 0 Å². The molecule has 0 saturated carbocycles. The van der Waals surface area contributed by atoms with Gasteiger partial charge in [-0.3, -0.25) is 0 Å². The van der Waals surface area contributed by atoms with E-state index in [1.54, 1.807) is 0 Å². The van der Waals surface area contributed by atoms with Crippen LogP contribution in [-0.4, -0.2) is 0 Å². The maximum absolute atomic E-state index is 14.4. The first-order valence-electron chi connectivity index (χ1n) is 9.60. The van der Waals surface area contributed by atoms with Crippen molar-refractivity contribution < 1.29 is 70.9 Å². The van der Waals surface area contributed by atoms with Gasteiger partial charge < -0.3 is 20.9 Å². The highest BCUT2D eigenvalue weighted by Gasteiger charge is 2.41. The molecule has 3 rings (SSSR count). The lowest BCUT2D eigenvalue weighted by molar-refractivity contribution is -0.142. The molecule has 0 heterocycles. The van der Waals surface area contributed by atoms with Crippen LogP contribution in [0.25, 0.3) is 0 Å². The molecule has 0 fully saturated rings. The summed E-state index contributed by atoms with van der Waals surface area (Å²) in [4.78, 5) is 0. The van der Waals surface area contributed by atoms with Crippen LogP contribution in [0, 0.1) is 29.1 Å². The molecule has 0 spiro atoms. The number of hydrogen-bond acceptors (Lipinski definition) is 4. The van der Waals surface area contributed by atoms with E-state index in [4.69, 9.17) is 11.5 Å². The van der Waals surface area contributed by atoms with E-state index in [2.05, 4.69) is 9.47 Å². The maximum atomic E-state index is 14.4. The summed E-state index contributed by atoms with van der Waals surface area (Å²) in [6.07, 6.45) is -16.8. The zero-order valence-electron chi connectivity index (χ0n) is 18.1. The van der Waals surface area contributed by atoms with Gasteiger partial charge in [-0.1, -0.05) is 0 Å². The maximum Gasteiger partial charge on any atom is 0.422 e. The van der Waals surface area contributed by atoms with Crippen molar-refractivity contribution in [3.8, 4) is 23.0 Å². The SMILES string of the molecule is Nc1c(F)c(Oc2cc(F)c(C(F)(F)F)c(Oc3cc(C(F)(F)F)c(F)c(N)c3F)c2)cc(C(F)(F)F)c1F. The van der Waals surface area contributed by atoms with Crippen molar-refractivity contribution in [3.05, 3.63) is 70.0 Å². The predicted molar refractivity (Wildman–Crippen MR) is 103 cm³/mol. The molecule has 0 aliphatic heterocycles. The van der Waals surface area contributed by atoms with E-state index in [0.29, 0.717) is 0 Å². The molecule has 0 radical (unpaired) electrons. The Morgan fingerprint density at radius 1 is 0.487 bits per heavy atom. The van der Waals surface area contributed by atoms with Gasteiger partial charge in [0.05, 0.1) is 11.1 Å². The number of rotatable bonds is 4. The number of anilines is 2. The summed E-state index contributed by atoms with van der Waals surface area (Å²) in [5.74, 6) is -17.7. The molecule has 212 valence electrons. The molecule has 0 aliphatic rings. The van der Waals surface area contributed by atoms with Crippen LogP contribution < -0.4 is 20.9 Å². The smallest absolute Gasteiger partial charge is 0.422 e. The molecule has 39 heavy (non-hydrogen) atoms. The monoisotopic (exact) mass is 586 g/mol. The van der Waals surface area contributed by atoms with Crippen LogP contribution in [0.1, 0.15) is 16.7 Å². The number of ether oxygens (including phenoxy) is 2. The molecule has 0 aliphatic carbocycles. The van der Waals surface area contributed by atoms with E-state index in [0.717, 1.165) is 0 Å². The van der Waals surface area contributed by atoms with Gasteiger partial charge in [-0.15, -0.1) is 0 Å². The summed E-state index contributed by atoms with van der Waals surface area (Å²) in [5, 5.41) is 0. The Labute approximate surface area is 206 Å². The molecule has 0 bridgehead atoms. The molecule has 0 aromatic heterocycles. The first kappa shape index (κ1) is 29.4. The lowest BCUT2D eigenvalue weighted by atomic mass is 10.1. The minimum atomic E-state index is -5.71. The van der Waals surface area contributed by atoms with Gasteiger partial charge in [-0.2, -0.15) is 39.5 Å². The molecule has 4 N–H and O–H groups in total. The number of halogens is 14. The Morgan fingerprint density at radius 2 is 0.897 bits per heavy atom. The molecule has 4 nitrogen and oxygen atoms in total. The molecular weight excluding hydrogens is 578 g/mol. The fourth-order valence-electron chi connectivity index (χ4n) is 3.04. The normalized spacial score (nSPS) is 12.6. The third-order valence-electron chi connectivity index (χ3n) is 4.77. The summed E-state index contributed by atoms with van der Waals surface area (Å²) >= 11 is 0. The van der Waals surface area contributed by atoms with Crippen LogP contribution in [0.3, 0.4) is 0 Å². The fraction of sp³-hybridized carbons (Fsp3) is 0.143. The summed E-state index contributed by atoms with van der Waals surface area (Å²) in [7, 11) is 0. The quantitative estimate of drug-likeness (QED) is 0.239. The molecular formula is C21H8F14N2O2. The number of nitrogens with two attached hydrogens (primary N) is 2. The second kappa shape index (κ2) is 9.57. The second-order valence-corrected chi connectivity index (χ2v) is 7.40. The summed E-state index contributed by atoms with van der Waals surface area (Å²) in [6.45, 7) is 0. The van der Waals surface area contributed by atoms with Crippen molar-refractivity contribution in [3.63, 3.8) is 0 Å². The zero-order chi connectivity index (χ0) is 29.8. The lowest BCUT2D eigenvalue weighted by Gasteiger charge is -2.19. The Hall–Kier alpha value is -4.12. The highest BCUT2D eigenvalue weighted by molar-refractivity contribution is 5.56. The average Bonchev–Trinajstić information content (AvgIpc) is 2.77. The minimum absolute atomic E-state index is 0.0373. The van der Waals surface area contributed by atoms with E-state index >= 15 is 0 Å². The molecule has 0 saturated heterocycles. The Kier molecular flexibility index (Phi) is 7.22. The second-order valence-electron chi connectivity index (χ2n) is 7.40. The zero-order valence-corrected chi connectivity index (χ0v) is 18.1. The van der Waals surface area contributed by atoms with Crippen LogP contribution in [0.2, 0.25) is 0 Å². The van der Waals surface area contributed by atoms with Gasteiger partial charge in [0.25, 0.3) is 0 Å². The Morgan fingerprint density at radius 3 is 1.28 bits per heavy atom. The molecule has 3 aromatic rings. The van der Waals surface area contributed by atoms with Crippen molar-refractivity contribution in [2.75, 3.05) is 11.5 Å². The fourth-order valence-corrected chi connectivity index (χ4v) is 3.04. The Bertz CT molecular complexity index is 1450. The number of nitrogen functional groups attached to an aromatic ring is 2. The summed E-state index contributed by atoms with van der Waals surface area (Å²) in [5.41, 5.74) is -0.669. The van der Waals surface area contributed by atoms with Crippen LogP contribution in [-0.2, 0) is 18.5 Å². The highest BCUT2D eigenvalue weighted by atomic mass is 19.4. The van der Waals surface area contributed by atoms with Crippen molar-refractivity contribution in [1.29, 1.82) is 0 Å². The minimum Gasteiger partial charge on any atom is -0.454 e. The van der Waals surface area contributed by atoms with Crippen LogP contribution in [0.4, 0.5) is 72.8 Å². The van der Waals surface area contributed by atoms with Crippen LogP contribution >= 0.6 is 0 Å². The molecule has 0 atom stereocenters. The molecule has 0 unspecified atom stereocenters. The first-order valence-corrected chi connectivity index (χ1v) is 9.60. The van der Waals surface area contributed by atoms with Crippen molar-refractivity contribution in [2.45, 2.75) is 18.5 Å². The van der Waals surface area contributed by atoms with Crippen LogP contribution in [0.5, 0.6) is 23.0 Å². The third-order valence-corrected chi connectivity index (χ3v) is 4.77. The summed E-state index contributed by atoms with van der Waals surface area (Å²) < 4.78 is 198. The topological polar surface area (TPSA) is 70.5 Å². The van der Waals surface area contributed by atoms with E-state index in [1.807, 2.05) is 0 Å². The van der Waals surface area contributed by atoms with Crippen molar-refractivity contribution >= 4 is 11.4 Å². The van der Waals surface area contributed by atoms with Gasteiger partial charge >= 0.3 is 18.5 Å². The number of hydrogen-bond donors (Lipinski definition) is 2. The number of alkyl halides is 9. The lowest BCUT2D eigenvalue weighted by Crippen LogP contribution is -2.14. The van der Waals surface area contributed by atoms with Gasteiger partial charge in [-0.25, -0.2) is 22.0 Å². The van der Waals surface area contributed by atoms with Gasteiger partial charge in [0.15, 0.2) is 34.8 Å². The van der Waals surface area contributed by atoms with E-state index in [9.17, 15) is 61.5 Å². The molecule has 18 heteroatoms. The van der Waals surface area contributed by atoms with E-state index in [-0.39, 0.29) is 18.2 Å². The molecule has 3 aromatic carbocycles. The van der Waals surface area contributed by atoms with E-state index < -0.39 is 105 Å². The average molecular weight is 586 g/mol. The van der Waals surface area contributed by atoms with Gasteiger partial charge in [-0.05, 0) is 12.1 Å². The largest absolute Gasteiger partial charge is 0.454 e. The van der Waals surface area contributed by atoms with E-state index in [1.165, 1.54) is 0 Å².